The summed E-state index contributed by atoms with van der Waals surface area (Å²) in [5.74, 6) is -0.421. The number of piperidine rings is 2. The van der Waals surface area contributed by atoms with Crippen LogP contribution in [-0.4, -0.2) is 34.2 Å². The van der Waals surface area contributed by atoms with E-state index in [4.69, 9.17) is 4.74 Å². The molecule has 2 atom stereocenters. The van der Waals surface area contributed by atoms with Crippen molar-refractivity contribution in [3.8, 4) is 5.75 Å². The predicted octanol–water partition coefficient (Wildman–Crippen LogP) is 7.42. The highest BCUT2D eigenvalue weighted by molar-refractivity contribution is 5.89. The Bertz CT molecular complexity index is 1080. The van der Waals surface area contributed by atoms with Gasteiger partial charge in [-0.25, -0.2) is 0 Å². The maximum atomic E-state index is 14.2. The lowest BCUT2D eigenvalue weighted by Gasteiger charge is -2.48. The van der Waals surface area contributed by atoms with Crippen molar-refractivity contribution in [3.63, 3.8) is 0 Å². The molecule has 0 spiro atoms. The zero-order chi connectivity index (χ0) is 25.4. The zero-order valence-corrected chi connectivity index (χ0v) is 20.9. The van der Waals surface area contributed by atoms with Crippen molar-refractivity contribution >= 4 is 16.7 Å². The highest BCUT2D eigenvalue weighted by Gasteiger charge is 2.41. The van der Waals surface area contributed by atoms with E-state index in [9.17, 15) is 23.1 Å². The van der Waals surface area contributed by atoms with Crippen LogP contribution in [0.5, 0.6) is 5.75 Å². The van der Waals surface area contributed by atoms with Gasteiger partial charge in [0.25, 0.3) is 0 Å². The Hall–Kier alpha value is -2.28. The molecule has 2 saturated heterocycles. The van der Waals surface area contributed by atoms with Gasteiger partial charge >= 0.3 is 12.1 Å². The third-order valence-corrected chi connectivity index (χ3v) is 8.83. The first-order chi connectivity index (χ1) is 17.2. The number of hydrogen-bond acceptors (Lipinski definition) is 3. The number of alkyl halides is 3. The number of benzene rings is 2. The van der Waals surface area contributed by atoms with E-state index in [2.05, 4.69) is 11.8 Å². The second kappa shape index (κ2) is 10.2. The Morgan fingerprint density at radius 2 is 1.72 bits per heavy atom. The molecular formula is C29H36F3NO3. The average molecular weight is 504 g/mol. The molecule has 3 aliphatic rings. The van der Waals surface area contributed by atoms with Gasteiger partial charge in [-0.05, 0) is 85.8 Å². The Balaban J connectivity index is 1.38. The van der Waals surface area contributed by atoms with Crippen LogP contribution >= 0.6 is 0 Å². The van der Waals surface area contributed by atoms with E-state index >= 15 is 0 Å². The summed E-state index contributed by atoms with van der Waals surface area (Å²) in [5, 5.41) is 10.2. The maximum Gasteiger partial charge on any atom is 0.420 e. The van der Waals surface area contributed by atoms with Gasteiger partial charge in [0.05, 0.1) is 12.0 Å². The molecule has 36 heavy (non-hydrogen) atoms. The summed E-state index contributed by atoms with van der Waals surface area (Å²) in [6, 6.07) is 8.94. The van der Waals surface area contributed by atoms with Crippen molar-refractivity contribution in [2.24, 2.45) is 11.8 Å². The first-order valence-electron chi connectivity index (χ1n) is 13.5. The molecule has 2 aromatic carbocycles. The third kappa shape index (κ3) is 5.22. The number of carboxylic acids is 1. The van der Waals surface area contributed by atoms with Gasteiger partial charge in [0.15, 0.2) is 0 Å². The van der Waals surface area contributed by atoms with E-state index < -0.39 is 17.7 Å². The van der Waals surface area contributed by atoms with Crippen LogP contribution < -0.4 is 4.74 Å². The van der Waals surface area contributed by atoms with E-state index in [0.717, 1.165) is 56.9 Å². The number of fused-ring (bicyclic) bond motifs is 3. The molecule has 2 aliphatic heterocycles. The molecule has 2 unspecified atom stereocenters. The first-order valence-corrected chi connectivity index (χ1v) is 13.5. The maximum absolute atomic E-state index is 14.2. The Kier molecular flexibility index (Phi) is 7.21. The van der Waals surface area contributed by atoms with Crippen molar-refractivity contribution in [1.82, 2.24) is 4.90 Å². The molecule has 1 N–H and O–H groups in total. The van der Waals surface area contributed by atoms with Crippen LogP contribution in [0.3, 0.4) is 0 Å². The summed E-state index contributed by atoms with van der Waals surface area (Å²) in [6.07, 6.45) is 4.41. The Labute approximate surface area is 210 Å². The Morgan fingerprint density at radius 1 is 1.03 bits per heavy atom. The van der Waals surface area contributed by atoms with Crippen molar-refractivity contribution in [2.45, 2.75) is 102 Å². The van der Waals surface area contributed by atoms with Gasteiger partial charge in [-0.2, -0.15) is 13.2 Å². The van der Waals surface area contributed by atoms with Crippen LogP contribution in [0, 0.1) is 11.8 Å². The average Bonchev–Trinajstić information content (AvgIpc) is 2.83. The summed E-state index contributed by atoms with van der Waals surface area (Å²) in [6.45, 7) is 2.80. The van der Waals surface area contributed by atoms with Gasteiger partial charge in [0, 0.05) is 18.6 Å². The molecule has 4 nitrogen and oxygen atoms in total. The highest BCUT2D eigenvalue weighted by atomic mass is 19.4. The van der Waals surface area contributed by atoms with Crippen LogP contribution in [0.15, 0.2) is 30.3 Å². The molecule has 1 saturated carbocycles. The molecule has 2 bridgehead atoms. The lowest BCUT2D eigenvalue weighted by atomic mass is 9.78. The van der Waals surface area contributed by atoms with Gasteiger partial charge in [0.2, 0.25) is 0 Å². The first kappa shape index (κ1) is 25.4. The van der Waals surface area contributed by atoms with Crippen molar-refractivity contribution in [2.75, 3.05) is 0 Å². The van der Waals surface area contributed by atoms with Crippen LogP contribution in [0.25, 0.3) is 10.8 Å². The topological polar surface area (TPSA) is 49.8 Å². The fourth-order valence-corrected chi connectivity index (χ4v) is 6.83. The number of carboxylic acid groups (broad SMARTS) is 1. The molecule has 1 aliphatic carbocycles. The number of nitrogens with zero attached hydrogens (tertiary/aromatic N) is 1. The molecular weight excluding hydrogens is 467 g/mol. The van der Waals surface area contributed by atoms with Gasteiger partial charge < -0.3 is 9.84 Å². The Morgan fingerprint density at radius 3 is 2.33 bits per heavy atom. The summed E-state index contributed by atoms with van der Waals surface area (Å²) < 4.78 is 48.7. The SMILES string of the molecule is CC[C@H]1CC[C@@H](Oc2ccc3cc(CN4C5CCCC4CC(C(=O)O)C5)ccc3c2C(F)(F)F)CC1. The fraction of sp³-hybridized carbons (Fsp3) is 0.621. The van der Waals surface area contributed by atoms with E-state index in [1.165, 1.54) is 6.07 Å². The number of hydrogen-bond donors (Lipinski definition) is 1. The van der Waals surface area contributed by atoms with Crippen molar-refractivity contribution in [1.29, 1.82) is 0 Å². The number of halogens is 3. The van der Waals surface area contributed by atoms with E-state index in [0.29, 0.717) is 30.7 Å². The molecule has 0 amide bonds. The summed E-state index contributed by atoms with van der Waals surface area (Å²) in [4.78, 5) is 14.0. The lowest BCUT2D eigenvalue weighted by Crippen LogP contribution is -2.52. The fourth-order valence-electron chi connectivity index (χ4n) is 6.83. The smallest absolute Gasteiger partial charge is 0.420 e. The van der Waals surface area contributed by atoms with Crippen LogP contribution in [0.2, 0.25) is 0 Å². The largest absolute Gasteiger partial charge is 0.490 e. The standard InChI is InChI=1S/C29H36F3NO3/c1-2-18-6-10-24(11-7-18)36-26-13-9-20-14-19(8-12-25(20)27(26)29(30,31)32)17-33-22-4-3-5-23(33)16-21(15-22)28(34)35/h8-9,12-14,18,21-24H,2-7,10-11,15-17H2,1H3,(H,34,35)/t18-,21?,22?,23?,24+. The summed E-state index contributed by atoms with van der Waals surface area (Å²) in [7, 11) is 0. The summed E-state index contributed by atoms with van der Waals surface area (Å²) in [5.41, 5.74) is 0.288. The lowest BCUT2D eigenvalue weighted by molar-refractivity contribution is -0.146. The number of carbonyl (C=O) groups is 1. The molecule has 7 heteroatoms. The number of rotatable bonds is 6. The number of ether oxygens (including phenoxy) is 1. The molecule has 2 heterocycles. The van der Waals surface area contributed by atoms with E-state index in [-0.39, 0.29) is 35.2 Å². The summed E-state index contributed by atoms with van der Waals surface area (Å²) >= 11 is 0. The minimum atomic E-state index is -4.51. The number of aliphatic carboxylic acids is 1. The molecule has 2 aromatic rings. The normalized spacial score (nSPS) is 29.3. The molecule has 3 fully saturated rings. The van der Waals surface area contributed by atoms with Gasteiger partial charge in [-0.3, -0.25) is 9.69 Å². The van der Waals surface area contributed by atoms with Crippen LogP contribution in [-0.2, 0) is 17.5 Å². The van der Waals surface area contributed by atoms with Crippen molar-refractivity contribution < 1.29 is 27.8 Å². The molecule has 0 aromatic heterocycles. The minimum Gasteiger partial charge on any atom is -0.490 e. The monoisotopic (exact) mass is 503 g/mol. The second-order valence-corrected chi connectivity index (χ2v) is 11.1. The molecule has 0 radical (unpaired) electrons. The van der Waals surface area contributed by atoms with Gasteiger partial charge in [0.1, 0.15) is 11.3 Å². The van der Waals surface area contributed by atoms with Gasteiger partial charge in [-0.1, -0.05) is 38.0 Å². The quantitative estimate of drug-likeness (QED) is 0.446. The highest BCUT2D eigenvalue weighted by Crippen LogP contribution is 2.43. The van der Waals surface area contributed by atoms with Crippen LogP contribution in [0.1, 0.15) is 82.3 Å². The molecule has 5 rings (SSSR count). The van der Waals surface area contributed by atoms with Crippen LogP contribution in [0.4, 0.5) is 13.2 Å². The molecule has 196 valence electrons. The van der Waals surface area contributed by atoms with E-state index in [1.807, 2.05) is 6.07 Å². The predicted molar refractivity (Wildman–Crippen MR) is 133 cm³/mol. The van der Waals surface area contributed by atoms with E-state index in [1.54, 1.807) is 18.2 Å². The minimum absolute atomic E-state index is 0.0621. The second-order valence-electron chi connectivity index (χ2n) is 11.1. The zero-order valence-electron chi connectivity index (χ0n) is 20.9. The van der Waals surface area contributed by atoms with Gasteiger partial charge in [-0.15, -0.1) is 0 Å². The third-order valence-electron chi connectivity index (χ3n) is 8.83. The van der Waals surface area contributed by atoms with Crippen molar-refractivity contribution in [3.05, 3.63) is 41.5 Å².